The molecule has 0 atom stereocenters. The van der Waals surface area contributed by atoms with Gasteiger partial charge in [-0.15, -0.1) is 0 Å². The van der Waals surface area contributed by atoms with Crippen molar-refractivity contribution in [1.82, 2.24) is 5.32 Å². The molecule has 0 aliphatic heterocycles. The maximum absolute atomic E-state index is 13.2. The Morgan fingerprint density at radius 2 is 1.68 bits per heavy atom. The molecule has 3 N–H and O–H groups in total. The van der Waals surface area contributed by atoms with Gasteiger partial charge in [-0.1, -0.05) is 0 Å². The zero-order chi connectivity index (χ0) is 20.7. The van der Waals surface area contributed by atoms with Crippen LogP contribution in [0.25, 0.3) is 0 Å². The van der Waals surface area contributed by atoms with E-state index < -0.39 is 10.0 Å². The van der Waals surface area contributed by atoms with Crippen LogP contribution in [0.4, 0.5) is 17.1 Å². The van der Waals surface area contributed by atoms with Crippen LogP contribution in [0, 0.1) is 0 Å². The third-order valence-corrected chi connectivity index (χ3v) is 5.90. The van der Waals surface area contributed by atoms with E-state index in [-0.39, 0.29) is 4.90 Å². The van der Waals surface area contributed by atoms with Crippen molar-refractivity contribution in [2.45, 2.75) is 18.7 Å². The van der Waals surface area contributed by atoms with Crippen molar-refractivity contribution in [2.24, 2.45) is 0 Å². The Kier molecular flexibility index (Phi) is 7.47. The Bertz CT molecular complexity index is 911. The number of sulfonamides is 1. The Balaban J connectivity index is 2.47. The van der Waals surface area contributed by atoms with Gasteiger partial charge in [0.15, 0.2) is 5.11 Å². The number of hydrogen-bond donors (Lipinski definition) is 3. The summed E-state index contributed by atoms with van der Waals surface area (Å²) in [4.78, 5) is 2.17. The standard InChI is InChI=1S/C19H26N4O3S2/c1-5-23(6-2)17-12-9-15(21-19(27)20-3)13-18(17)28(24,25)22-14-7-10-16(26-4)11-8-14/h7-13,22H,5-6H2,1-4H3,(H2,20,21,27). The molecule has 0 spiro atoms. The lowest BCUT2D eigenvalue weighted by Crippen LogP contribution is -2.27. The van der Waals surface area contributed by atoms with Gasteiger partial charge >= 0.3 is 0 Å². The van der Waals surface area contributed by atoms with Crippen molar-refractivity contribution in [1.29, 1.82) is 0 Å². The number of methoxy groups -OCH3 is 1. The molecule has 0 saturated heterocycles. The van der Waals surface area contributed by atoms with Crippen LogP contribution in [0.2, 0.25) is 0 Å². The van der Waals surface area contributed by atoms with Crippen LogP contribution in [0.3, 0.4) is 0 Å². The van der Waals surface area contributed by atoms with Crippen LogP contribution >= 0.6 is 12.2 Å². The van der Waals surface area contributed by atoms with E-state index in [0.29, 0.717) is 41.0 Å². The van der Waals surface area contributed by atoms with E-state index in [2.05, 4.69) is 15.4 Å². The van der Waals surface area contributed by atoms with Crippen molar-refractivity contribution in [3.63, 3.8) is 0 Å². The topological polar surface area (TPSA) is 82.7 Å². The first kappa shape index (κ1) is 21.8. The molecule has 0 bridgehead atoms. The van der Waals surface area contributed by atoms with Crippen LogP contribution < -0.4 is 25.0 Å². The van der Waals surface area contributed by atoms with E-state index in [0.717, 1.165) is 0 Å². The molecular weight excluding hydrogens is 396 g/mol. The molecule has 2 aromatic carbocycles. The maximum atomic E-state index is 13.2. The molecule has 0 saturated carbocycles. The zero-order valence-corrected chi connectivity index (χ0v) is 18.1. The minimum Gasteiger partial charge on any atom is -0.497 e. The molecule has 0 aliphatic rings. The Morgan fingerprint density at radius 3 is 2.21 bits per heavy atom. The van der Waals surface area contributed by atoms with Gasteiger partial charge in [0, 0.05) is 31.5 Å². The highest BCUT2D eigenvalue weighted by molar-refractivity contribution is 7.93. The van der Waals surface area contributed by atoms with E-state index in [9.17, 15) is 8.42 Å². The fourth-order valence-corrected chi connectivity index (χ4v) is 4.12. The molecule has 0 unspecified atom stereocenters. The predicted molar refractivity (Wildman–Crippen MR) is 119 cm³/mol. The van der Waals surface area contributed by atoms with Crippen molar-refractivity contribution >= 4 is 44.4 Å². The van der Waals surface area contributed by atoms with Crippen molar-refractivity contribution in [2.75, 3.05) is 42.2 Å². The highest BCUT2D eigenvalue weighted by Crippen LogP contribution is 2.30. The van der Waals surface area contributed by atoms with Gasteiger partial charge in [-0.3, -0.25) is 4.72 Å². The second-order valence-corrected chi connectivity index (χ2v) is 7.95. The van der Waals surface area contributed by atoms with Gasteiger partial charge in [0.2, 0.25) is 0 Å². The molecule has 0 radical (unpaired) electrons. The van der Waals surface area contributed by atoms with E-state index >= 15 is 0 Å². The quantitative estimate of drug-likeness (QED) is 0.563. The fourth-order valence-electron chi connectivity index (χ4n) is 2.70. The maximum Gasteiger partial charge on any atom is 0.264 e. The monoisotopic (exact) mass is 422 g/mol. The molecule has 0 aliphatic carbocycles. The first-order valence-electron chi connectivity index (χ1n) is 8.89. The molecule has 2 rings (SSSR count). The van der Waals surface area contributed by atoms with Gasteiger partial charge in [0.1, 0.15) is 10.6 Å². The molecular formula is C19H26N4O3S2. The second kappa shape index (κ2) is 9.61. The van der Waals surface area contributed by atoms with Gasteiger partial charge in [0.25, 0.3) is 10.0 Å². The average molecular weight is 423 g/mol. The van der Waals surface area contributed by atoms with Gasteiger partial charge in [-0.25, -0.2) is 8.42 Å². The summed E-state index contributed by atoms with van der Waals surface area (Å²) in [5.41, 5.74) is 1.67. The van der Waals surface area contributed by atoms with E-state index in [1.54, 1.807) is 50.6 Å². The van der Waals surface area contributed by atoms with E-state index in [1.165, 1.54) is 0 Å². The first-order valence-corrected chi connectivity index (χ1v) is 10.8. The van der Waals surface area contributed by atoms with Crippen LogP contribution in [0.1, 0.15) is 13.8 Å². The lowest BCUT2D eigenvalue weighted by Gasteiger charge is -2.25. The number of rotatable bonds is 8. The van der Waals surface area contributed by atoms with Crippen LogP contribution in [0.5, 0.6) is 5.75 Å². The Morgan fingerprint density at radius 1 is 1.07 bits per heavy atom. The molecule has 7 nitrogen and oxygen atoms in total. The fraction of sp³-hybridized carbons (Fsp3) is 0.316. The summed E-state index contributed by atoms with van der Waals surface area (Å²) in [5, 5.41) is 6.20. The number of benzene rings is 2. The SMILES string of the molecule is CCN(CC)c1ccc(NC(=S)NC)cc1S(=O)(=O)Nc1ccc(OC)cc1. The summed E-state index contributed by atoms with van der Waals surface area (Å²) in [7, 11) is -0.574. The summed E-state index contributed by atoms with van der Waals surface area (Å²) >= 11 is 5.12. The number of thiocarbonyl (C=S) groups is 1. The third kappa shape index (κ3) is 5.26. The van der Waals surface area contributed by atoms with Crippen molar-refractivity contribution in [3.8, 4) is 5.75 Å². The minimum absolute atomic E-state index is 0.177. The number of hydrogen-bond acceptors (Lipinski definition) is 5. The average Bonchev–Trinajstić information content (AvgIpc) is 2.70. The summed E-state index contributed by atoms with van der Waals surface area (Å²) in [6.07, 6.45) is 0. The second-order valence-electron chi connectivity index (χ2n) is 5.89. The predicted octanol–water partition coefficient (Wildman–Crippen LogP) is 3.26. The highest BCUT2D eigenvalue weighted by atomic mass is 32.2. The summed E-state index contributed by atoms with van der Waals surface area (Å²) in [6.45, 7) is 5.34. The number of nitrogens with zero attached hydrogens (tertiary/aromatic N) is 1. The lowest BCUT2D eigenvalue weighted by atomic mass is 10.2. The molecule has 2 aromatic rings. The zero-order valence-electron chi connectivity index (χ0n) is 16.4. The van der Waals surface area contributed by atoms with Gasteiger partial charge in [-0.05, 0) is 68.5 Å². The van der Waals surface area contributed by atoms with Gasteiger partial charge in [0.05, 0.1) is 12.8 Å². The Labute approximate surface area is 172 Å². The van der Waals surface area contributed by atoms with E-state index in [4.69, 9.17) is 17.0 Å². The smallest absolute Gasteiger partial charge is 0.264 e. The van der Waals surface area contributed by atoms with E-state index in [1.807, 2.05) is 24.8 Å². The van der Waals surface area contributed by atoms with Crippen molar-refractivity contribution < 1.29 is 13.2 Å². The number of ether oxygens (including phenoxy) is 1. The molecule has 0 heterocycles. The lowest BCUT2D eigenvalue weighted by molar-refractivity contribution is 0.415. The minimum atomic E-state index is -3.83. The normalized spacial score (nSPS) is 10.9. The molecule has 0 fully saturated rings. The van der Waals surface area contributed by atoms with Crippen LogP contribution in [-0.2, 0) is 10.0 Å². The molecule has 152 valence electrons. The van der Waals surface area contributed by atoms with Crippen LogP contribution in [0.15, 0.2) is 47.4 Å². The number of nitrogens with one attached hydrogen (secondary N) is 3. The molecule has 0 amide bonds. The van der Waals surface area contributed by atoms with Crippen molar-refractivity contribution in [3.05, 3.63) is 42.5 Å². The van der Waals surface area contributed by atoms with Gasteiger partial charge in [-0.2, -0.15) is 0 Å². The van der Waals surface area contributed by atoms with Gasteiger partial charge < -0.3 is 20.3 Å². The molecule has 9 heteroatoms. The largest absolute Gasteiger partial charge is 0.497 e. The molecule has 28 heavy (non-hydrogen) atoms. The first-order chi connectivity index (χ1) is 13.3. The van der Waals surface area contributed by atoms with Crippen LogP contribution in [-0.4, -0.2) is 40.8 Å². The Hall–Kier alpha value is -2.52. The third-order valence-electron chi connectivity index (χ3n) is 4.18. The summed E-state index contributed by atoms with van der Waals surface area (Å²) in [5.74, 6) is 0.651. The molecule has 0 aromatic heterocycles. The highest BCUT2D eigenvalue weighted by Gasteiger charge is 2.22. The summed E-state index contributed by atoms with van der Waals surface area (Å²) in [6, 6.07) is 11.9. The summed E-state index contributed by atoms with van der Waals surface area (Å²) < 4.78 is 34.1. The number of anilines is 3.